The fraction of sp³-hybridized carbons (Fsp3) is 0.600. The fourth-order valence-corrected chi connectivity index (χ4v) is 3.11. The van der Waals surface area contributed by atoms with Gasteiger partial charge in [0.25, 0.3) is 0 Å². The molecule has 2 nitrogen and oxygen atoms in total. The minimum Gasteiger partial charge on any atom is -0.371 e. The molecule has 0 saturated carbocycles. The topological polar surface area (TPSA) is 29.3 Å². The van der Waals surface area contributed by atoms with Crippen LogP contribution in [-0.2, 0) is 6.54 Å². The van der Waals surface area contributed by atoms with Crippen LogP contribution in [0.1, 0.15) is 38.7 Å². The Bertz CT molecular complexity index is 415. The van der Waals surface area contributed by atoms with Gasteiger partial charge in [0.2, 0.25) is 0 Å². The summed E-state index contributed by atoms with van der Waals surface area (Å²) in [6, 6.07) is 6.54. The van der Waals surface area contributed by atoms with Crippen molar-refractivity contribution in [3.8, 4) is 0 Å². The molecule has 0 bridgehead atoms. The van der Waals surface area contributed by atoms with Crippen molar-refractivity contribution in [1.29, 1.82) is 0 Å². The molecule has 0 atom stereocenters. The van der Waals surface area contributed by atoms with E-state index in [1.54, 1.807) is 0 Å². The van der Waals surface area contributed by atoms with Crippen LogP contribution in [0, 0.1) is 5.41 Å². The Kier molecular flexibility index (Phi) is 4.33. The van der Waals surface area contributed by atoms with E-state index in [0.717, 1.165) is 17.6 Å². The Balaban J connectivity index is 2.14. The van der Waals surface area contributed by atoms with Crippen molar-refractivity contribution in [2.45, 2.75) is 39.7 Å². The zero-order valence-corrected chi connectivity index (χ0v) is 13.0. The van der Waals surface area contributed by atoms with Crippen molar-refractivity contribution in [2.75, 3.05) is 18.0 Å². The highest BCUT2D eigenvalue weighted by Gasteiger charge is 2.23. The molecule has 1 fully saturated rings. The van der Waals surface area contributed by atoms with Gasteiger partial charge in [0.15, 0.2) is 0 Å². The van der Waals surface area contributed by atoms with E-state index < -0.39 is 0 Å². The first kappa shape index (κ1) is 13.9. The number of benzene rings is 1. The third-order valence-electron chi connectivity index (χ3n) is 3.96. The van der Waals surface area contributed by atoms with Gasteiger partial charge in [-0.3, -0.25) is 0 Å². The molecule has 1 aliphatic heterocycles. The lowest BCUT2D eigenvalue weighted by Crippen LogP contribution is -2.25. The van der Waals surface area contributed by atoms with Gasteiger partial charge >= 0.3 is 0 Å². The molecule has 1 saturated heterocycles. The summed E-state index contributed by atoms with van der Waals surface area (Å²) in [5, 5.41) is 0. The summed E-state index contributed by atoms with van der Waals surface area (Å²) in [5.74, 6) is 0. The Morgan fingerprint density at radius 3 is 2.72 bits per heavy atom. The molecule has 1 aromatic rings. The second-order valence-corrected chi connectivity index (χ2v) is 6.84. The van der Waals surface area contributed by atoms with Gasteiger partial charge in [-0.15, -0.1) is 0 Å². The molecule has 0 aromatic heterocycles. The molecule has 18 heavy (non-hydrogen) atoms. The number of rotatable bonds is 2. The van der Waals surface area contributed by atoms with Crippen LogP contribution in [-0.4, -0.2) is 13.1 Å². The number of halogens is 1. The number of nitrogens with zero attached hydrogens (tertiary/aromatic N) is 1. The van der Waals surface area contributed by atoms with Crippen molar-refractivity contribution in [1.82, 2.24) is 0 Å². The fourth-order valence-electron chi connectivity index (χ4n) is 2.58. The molecule has 0 unspecified atom stereocenters. The third kappa shape index (κ3) is 3.27. The van der Waals surface area contributed by atoms with Crippen LogP contribution in [0.15, 0.2) is 22.7 Å². The van der Waals surface area contributed by atoms with E-state index in [-0.39, 0.29) is 0 Å². The maximum Gasteiger partial charge on any atom is 0.0377 e. The molecular weight excluding hydrogens is 288 g/mol. The average molecular weight is 311 g/mol. The molecule has 3 heteroatoms. The quantitative estimate of drug-likeness (QED) is 0.897. The lowest BCUT2D eigenvalue weighted by Gasteiger charge is -2.25. The predicted octanol–water partition coefficient (Wildman–Crippen LogP) is 3.92. The first-order valence-electron chi connectivity index (χ1n) is 6.75. The first-order valence-corrected chi connectivity index (χ1v) is 7.54. The lowest BCUT2D eigenvalue weighted by atomic mass is 9.85. The van der Waals surface area contributed by atoms with Gasteiger partial charge in [-0.2, -0.15) is 0 Å². The second kappa shape index (κ2) is 5.62. The van der Waals surface area contributed by atoms with Crippen LogP contribution in [0.4, 0.5) is 5.69 Å². The summed E-state index contributed by atoms with van der Waals surface area (Å²) < 4.78 is 1.13. The summed E-state index contributed by atoms with van der Waals surface area (Å²) in [5.41, 5.74) is 8.68. The Hall–Kier alpha value is -0.540. The van der Waals surface area contributed by atoms with Crippen molar-refractivity contribution >= 4 is 21.6 Å². The van der Waals surface area contributed by atoms with Gasteiger partial charge in [-0.05, 0) is 42.4 Å². The van der Waals surface area contributed by atoms with E-state index in [9.17, 15) is 0 Å². The lowest BCUT2D eigenvalue weighted by molar-refractivity contribution is 0.325. The Labute approximate surface area is 119 Å². The van der Waals surface area contributed by atoms with Crippen molar-refractivity contribution in [3.63, 3.8) is 0 Å². The smallest absolute Gasteiger partial charge is 0.0377 e. The zero-order chi connectivity index (χ0) is 13.2. The zero-order valence-electron chi connectivity index (χ0n) is 11.4. The van der Waals surface area contributed by atoms with Crippen LogP contribution in [0.25, 0.3) is 0 Å². The highest BCUT2D eigenvalue weighted by atomic mass is 79.9. The maximum atomic E-state index is 5.70. The minimum absolute atomic E-state index is 0.489. The van der Waals surface area contributed by atoms with E-state index in [1.165, 1.54) is 30.5 Å². The number of nitrogens with two attached hydrogens (primary N) is 1. The predicted molar refractivity (Wildman–Crippen MR) is 81.9 cm³/mol. The second-order valence-electron chi connectivity index (χ2n) is 5.98. The Morgan fingerprint density at radius 2 is 2.06 bits per heavy atom. The first-order chi connectivity index (χ1) is 8.52. The highest BCUT2D eigenvalue weighted by molar-refractivity contribution is 9.10. The van der Waals surface area contributed by atoms with Gasteiger partial charge in [0.1, 0.15) is 0 Å². The summed E-state index contributed by atoms with van der Waals surface area (Å²) in [7, 11) is 0. The van der Waals surface area contributed by atoms with Gasteiger partial charge in [-0.1, -0.05) is 35.8 Å². The molecule has 1 aliphatic rings. The van der Waals surface area contributed by atoms with Crippen LogP contribution < -0.4 is 10.6 Å². The van der Waals surface area contributed by atoms with E-state index >= 15 is 0 Å². The molecular formula is C15H23BrN2. The molecule has 2 rings (SSSR count). The summed E-state index contributed by atoms with van der Waals surface area (Å²) in [4.78, 5) is 2.50. The summed E-state index contributed by atoms with van der Waals surface area (Å²) >= 11 is 3.61. The number of hydrogen-bond donors (Lipinski definition) is 1. The summed E-state index contributed by atoms with van der Waals surface area (Å²) in [6.07, 6.45) is 3.87. The molecule has 1 heterocycles. The largest absolute Gasteiger partial charge is 0.371 e. The molecule has 100 valence electrons. The monoisotopic (exact) mass is 310 g/mol. The highest BCUT2D eigenvalue weighted by Crippen LogP contribution is 2.32. The molecule has 0 radical (unpaired) electrons. The van der Waals surface area contributed by atoms with E-state index in [0.29, 0.717) is 12.0 Å². The molecule has 0 aliphatic carbocycles. The molecule has 0 amide bonds. The third-order valence-corrected chi connectivity index (χ3v) is 4.70. The van der Waals surface area contributed by atoms with Gasteiger partial charge < -0.3 is 10.6 Å². The normalized spacial score (nSPS) is 19.7. The van der Waals surface area contributed by atoms with Gasteiger partial charge in [0.05, 0.1) is 0 Å². The molecule has 0 spiro atoms. The standard InChI is InChI=1S/C15H23BrN2/c1-15(2)6-3-8-18(9-7-15)13-5-4-12(11-17)14(16)10-13/h4-5,10H,3,6-9,11,17H2,1-2H3. The number of anilines is 1. The van der Waals surface area contributed by atoms with Crippen LogP contribution in [0.2, 0.25) is 0 Å². The minimum atomic E-state index is 0.489. The van der Waals surface area contributed by atoms with Crippen molar-refractivity contribution < 1.29 is 0 Å². The van der Waals surface area contributed by atoms with Gasteiger partial charge in [-0.25, -0.2) is 0 Å². The van der Waals surface area contributed by atoms with Crippen LogP contribution in [0.5, 0.6) is 0 Å². The van der Waals surface area contributed by atoms with Crippen molar-refractivity contribution in [3.05, 3.63) is 28.2 Å². The van der Waals surface area contributed by atoms with Crippen LogP contribution in [0.3, 0.4) is 0 Å². The molecule has 1 aromatic carbocycles. The Morgan fingerprint density at radius 1 is 1.28 bits per heavy atom. The summed E-state index contributed by atoms with van der Waals surface area (Å²) in [6.45, 7) is 7.67. The molecule has 2 N–H and O–H groups in total. The SMILES string of the molecule is CC1(C)CCCN(c2ccc(CN)c(Br)c2)CC1. The van der Waals surface area contributed by atoms with Crippen LogP contribution >= 0.6 is 15.9 Å². The van der Waals surface area contributed by atoms with E-state index in [1.807, 2.05) is 0 Å². The van der Waals surface area contributed by atoms with Gasteiger partial charge in [0, 0.05) is 29.8 Å². The average Bonchev–Trinajstić information content (AvgIpc) is 2.50. The van der Waals surface area contributed by atoms with Crippen molar-refractivity contribution in [2.24, 2.45) is 11.1 Å². The van der Waals surface area contributed by atoms with E-state index in [2.05, 4.69) is 52.9 Å². The van der Waals surface area contributed by atoms with E-state index in [4.69, 9.17) is 5.73 Å². The maximum absolute atomic E-state index is 5.70. The number of hydrogen-bond acceptors (Lipinski definition) is 2.